The standard InChI is InChI=1S/C23H25NO7/c24-10-12-30-11-9-23(21(27)28,13-20(25)26)22(29)31-14-19-17-7-3-1-5-15(17)16-6-2-4-8-18(16)19/h1-8,19H,9-14,24H2,(H,25,26)(H,27,28). The Morgan fingerprint density at radius 3 is 2.03 bits per heavy atom. The molecular formula is C23H25NO7. The number of carboxylic acids is 2. The van der Waals surface area contributed by atoms with Gasteiger partial charge in [0.2, 0.25) is 0 Å². The van der Waals surface area contributed by atoms with Crippen LogP contribution in [0.3, 0.4) is 0 Å². The van der Waals surface area contributed by atoms with E-state index in [1.165, 1.54) is 0 Å². The van der Waals surface area contributed by atoms with Crippen LogP contribution in [-0.4, -0.2) is 54.5 Å². The summed E-state index contributed by atoms with van der Waals surface area (Å²) in [6.07, 6.45) is -1.23. The summed E-state index contributed by atoms with van der Waals surface area (Å²) in [4.78, 5) is 36.3. The van der Waals surface area contributed by atoms with E-state index in [9.17, 15) is 24.6 Å². The Morgan fingerprint density at radius 2 is 1.52 bits per heavy atom. The lowest BCUT2D eigenvalue weighted by Crippen LogP contribution is -2.44. The highest BCUT2D eigenvalue weighted by molar-refractivity contribution is 6.02. The number of fused-ring (bicyclic) bond motifs is 3. The summed E-state index contributed by atoms with van der Waals surface area (Å²) in [5.41, 5.74) is 7.12. The molecule has 0 radical (unpaired) electrons. The first-order valence-electron chi connectivity index (χ1n) is 9.99. The lowest BCUT2D eigenvalue weighted by molar-refractivity contribution is -0.175. The van der Waals surface area contributed by atoms with E-state index in [-0.39, 0.29) is 38.7 Å². The zero-order valence-electron chi connectivity index (χ0n) is 17.0. The molecule has 0 bridgehead atoms. The second-order valence-corrected chi connectivity index (χ2v) is 7.43. The van der Waals surface area contributed by atoms with Crippen LogP contribution in [0.5, 0.6) is 0 Å². The molecule has 1 aliphatic rings. The lowest BCUT2D eigenvalue weighted by Gasteiger charge is -2.26. The maximum atomic E-state index is 12.9. The normalized spacial score (nSPS) is 14.4. The van der Waals surface area contributed by atoms with Crippen molar-refractivity contribution in [3.63, 3.8) is 0 Å². The van der Waals surface area contributed by atoms with Gasteiger partial charge in [-0.05, 0) is 28.7 Å². The molecule has 1 aliphatic carbocycles. The minimum Gasteiger partial charge on any atom is -0.481 e. The average molecular weight is 427 g/mol. The Morgan fingerprint density at radius 1 is 0.935 bits per heavy atom. The van der Waals surface area contributed by atoms with Gasteiger partial charge >= 0.3 is 17.9 Å². The van der Waals surface area contributed by atoms with Crippen molar-refractivity contribution in [3.8, 4) is 11.1 Å². The Hall–Kier alpha value is -3.23. The second-order valence-electron chi connectivity index (χ2n) is 7.43. The second kappa shape index (κ2) is 9.72. The van der Waals surface area contributed by atoms with Gasteiger partial charge in [-0.3, -0.25) is 14.4 Å². The summed E-state index contributed by atoms with van der Waals surface area (Å²) in [7, 11) is 0. The van der Waals surface area contributed by atoms with Crippen LogP contribution in [0.25, 0.3) is 11.1 Å². The molecule has 3 rings (SSSR count). The Balaban J connectivity index is 1.82. The summed E-state index contributed by atoms with van der Waals surface area (Å²) >= 11 is 0. The van der Waals surface area contributed by atoms with Gasteiger partial charge in [-0.1, -0.05) is 48.5 Å². The molecule has 0 saturated carbocycles. The minimum atomic E-state index is -2.24. The molecule has 0 aliphatic heterocycles. The molecule has 8 heteroatoms. The fourth-order valence-electron chi connectivity index (χ4n) is 3.96. The summed E-state index contributed by atoms with van der Waals surface area (Å²) < 4.78 is 10.7. The smallest absolute Gasteiger partial charge is 0.324 e. The van der Waals surface area contributed by atoms with Crippen LogP contribution in [0.15, 0.2) is 48.5 Å². The third kappa shape index (κ3) is 4.60. The fourth-order valence-corrected chi connectivity index (χ4v) is 3.96. The number of benzene rings is 2. The summed E-state index contributed by atoms with van der Waals surface area (Å²) in [6, 6.07) is 15.5. The quantitative estimate of drug-likeness (QED) is 0.282. The predicted octanol–water partition coefficient (Wildman–Crippen LogP) is 2.25. The Bertz CT molecular complexity index is 928. The van der Waals surface area contributed by atoms with Crippen LogP contribution in [0.4, 0.5) is 0 Å². The Kier molecular flexibility index (Phi) is 7.04. The van der Waals surface area contributed by atoms with Gasteiger partial charge in [0.05, 0.1) is 13.0 Å². The van der Waals surface area contributed by atoms with Gasteiger partial charge in [0, 0.05) is 19.1 Å². The van der Waals surface area contributed by atoms with E-state index in [0.717, 1.165) is 22.3 Å². The topological polar surface area (TPSA) is 136 Å². The number of esters is 1. The third-order valence-corrected chi connectivity index (χ3v) is 5.53. The molecule has 0 aromatic heterocycles. The van der Waals surface area contributed by atoms with E-state index in [1.807, 2.05) is 48.5 Å². The molecule has 8 nitrogen and oxygen atoms in total. The van der Waals surface area contributed by atoms with E-state index in [4.69, 9.17) is 15.2 Å². The monoisotopic (exact) mass is 427 g/mol. The number of hydrogen-bond donors (Lipinski definition) is 3. The van der Waals surface area contributed by atoms with Crippen LogP contribution < -0.4 is 5.73 Å². The molecule has 1 atom stereocenters. The Labute approximate surface area is 179 Å². The van der Waals surface area contributed by atoms with Crippen molar-refractivity contribution < 1.29 is 34.1 Å². The summed E-state index contributed by atoms with van der Waals surface area (Å²) in [6.45, 7) is 0.184. The number of rotatable bonds is 11. The molecule has 0 heterocycles. The van der Waals surface area contributed by atoms with Crippen molar-refractivity contribution in [2.24, 2.45) is 11.1 Å². The van der Waals surface area contributed by atoms with Crippen molar-refractivity contribution >= 4 is 17.9 Å². The maximum Gasteiger partial charge on any atom is 0.324 e. The molecule has 1 unspecified atom stereocenters. The van der Waals surface area contributed by atoms with Crippen molar-refractivity contribution in [2.45, 2.75) is 18.8 Å². The van der Waals surface area contributed by atoms with Crippen molar-refractivity contribution in [3.05, 3.63) is 59.7 Å². The number of aliphatic carboxylic acids is 2. The van der Waals surface area contributed by atoms with Gasteiger partial charge in [-0.25, -0.2) is 0 Å². The average Bonchev–Trinajstić information content (AvgIpc) is 3.07. The number of carbonyl (C=O) groups excluding carboxylic acids is 1. The highest BCUT2D eigenvalue weighted by Crippen LogP contribution is 2.44. The van der Waals surface area contributed by atoms with E-state index in [0.29, 0.717) is 0 Å². The van der Waals surface area contributed by atoms with Crippen LogP contribution in [-0.2, 0) is 23.9 Å². The molecule has 0 saturated heterocycles. The summed E-state index contributed by atoms with van der Waals surface area (Å²) in [5.74, 6) is -4.31. The van der Waals surface area contributed by atoms with Crippen LogP contribution >= 0.6 is 0 Å². The zero-order chi connectivity index (χ0) is 22.4. The molecule has 0 fully saturated rings. The number of hydrogen-bond acceptors (Lipinski definition) is 6. The van der Waals surface area contributed by atoms with E-state index in [2.05, 4.69) is 0 Å². The van der Waals surface area contributed by atoms with E-state index < -0.39 is 29.7 Å². The van der Waals surface area contributed by atoms with Gasteiger partial charge in [-0.15, -0.1) is 0 Å². The maximum absolute atomic E-state index is 12.9. The number of nitrogens with two attached hydrogens (primary N) is 1. The van der Waals surface area contributed by atoms with Crippen LogP contribution in [0.1, 0.15) is 29.9 Å². The molecule has 0 spiro atoms. The summed E-state index contributed by atoms with van der Waals surface area (Å²) in [5, 5.41) is 19.0. The van der Waals surface area contributed by atoms with Gasteiger partial charge in [-0.2, -0.15) is 0 Å². The predicted molar refractivity (Wildman–Crippen MR) is 111 cm³/mol. The molecular weight excluding hydrogens is 402 g/mol. The van der Waals surface area contributed by atoms with Crippen LogP contribution in [0.2, 0.25) is 0 Å². The zero-order valence-corrected chi connectivity index (χ0v) is 17.0. The molecule has 4 N–H and O–H groups in total. The van der Waals surface area contributed by atoms with E-state index >= 15 is 0 Å². The van der Waals surface area contributed by atoms with Gasteiger partial charge < -0.3 is 25.4 Å². The first-order valence-corrected chi connectivity index (χ1v) is 9.99. The van der Waals surface area contributed by atoms with Gasteiger partial charge in [0.15, 0.2) is 5.41 Å². The first-order chi connectivity index (χ1) is 14.9. The SMILES string of the molecule is NCCOCCC(CC(=O)O)(C(=O)O)C(=O)OCC1c2ccccc2-c2ccccc21. The van der Waals surface area contributed by atoms with Crippen LogP contribution in [0, 0.1) is 5.41 Å². The highest BCUT2D eigenvalue weighted by Gasteiger charge is 2.50. The van der Waals surface area contributed by atoms with Crippen molar-refractivity contribution in [2.75, 3.05) is 26.4 Å². The van der Waals surface area contributed by atoms with Crippen molar-refractivity contribution in [1.82, 2.24) is 0 Å². The third-order valence-electron chi connectivity index (χ3n) is 5.53. The molecule has 0 amide bonds. The lowest BCUT2D eigenvalue weighted by atomic mass is 9.81. The first kappa shape index (κ1) is 22.5. The molecule has 164 valence electrons. The molecule has 2 aromatic rings. The number of ether oxygens (including phenoxy) is 2. The number of carboxylic acid groups (broad SMARTS) is 2. The highest BCUT2D eigenvalue weighted by atomic mass is 16.5. The fraction of sp³-hybridized carbons (Fsp3) is 0.348. The molecule has 2 aromatic carbocycles. The minimum absolute atomic E-state index is 0.0921. The molecule has 31 heavy (non-hydrogen) atoms. The van der Waals surface area contributed by atoms with Gasteiger partial charge in [0.25, 0.3) is 0 Å². The van der Waals surface area contributed by atoms with E-state index in [1.54, 1.807) is 0 Å². The van der Waals surface area contributed by atoms with Crippen molar-refractivity contribution in [1.29, 1.82) is 0 Å². The van der Waals surface area contributed by atoms with Gasteiger partial charge in [0.1, 0.15) is 6.61 Å². The largest absolute Gasteiger partial charge is 0.481 e. The number of carbonyl (C=O) groups is 3.